The van der Waals surface area contributed by atoms with Gasteiger partial charge in [-0.1, -0.05) is 78.3 Å². The molecule has 2 unspecified atom stereocenters. The molecule has 29 nitrogen and oxygen atoms in total. The summed E-state index contributed by atoms with van der Waals surface area (Å²) in [4.78, 5) is 143. The first kappa shape index (κ1) is 90.8. The number of fused-ring (bicyclic) bond motifs is 1. The Balaban J connectivity index is 0.000000284. The number of esters is 3. The number of allylic oxidation sites excluding steroid dienone is 1. The van der Waals surface area contributed by atoms with Crippen LogP contribution in [0.1, 0.15) is 164 Å². The van der Waals surface area contributed by atoms with Gasteiger partial charge in [0.25, 0.3) is 0 Å². The quantitative estimate of drug-likeness (QED) is 0.0300. The molecular weight excluding hydrogens is 1480 g/mol. The molecule has 0 bridgehead atoms. The highest BCUT2D eigenvalue weighted by molar-refractivity contribution is 6.29. The lowest BCUT2D eigenvalue weighted by Gasteiger charge is -2.47. The number of benzene rings is 1. The second-order valence-electron chi connectivity index (χ2n) is 32.0. The van der Waals surface area contributed by atoms with E-state index in [2.05, 4.69) is 15.0 Å². The number of rotatable bonds is 19. The summed E-state index contributed by atoms with van der Waals surface area (Å²) < 4.78 is 71.1. The van der Waals surface area contributed by atoms with E-state index < -0.39 is 162 Å². The molecule has 30 heteroatoms. The molecule has 1 amide bonds. The molecule has 4 fully saturated rings. The van der Waals surface area contributed by atoms with Gasteiger partial charge in [-0.05, 0) is 171 Å². The summed E-state index contributed by atoms with van der Waals surface area (Å²) in [5.74, 6) is -9.25. The normalized spacial score (nSPS) is 34.5. The average molecular weight is 1600 g/mol. The highest BCUT2D eigenvalue weighted by atomic mass is 35.5. The highest BCUT2D eigenvalue weighted by Gasteiger charge is 2.56. The molecule has 8 heterocycles. The number of imidazole rings is 2. The summed E-state index contributed by atoms with van der Waals surface area (Å²) in [6, 6.07) is 10.8. The summed E-state index contributed by atoms with van der Waals surface area (Å²) >= 11 is 5.97. The minimum absolute atomic E-state index is 0.0825. The Morgan fingerprint density at radius 1 is 0.681 bits per heavy atom. The number of aliphatic hydroxyl groups excluding tert-OH is 1. The Hall–Kier alpha value is -7.71. The Labute approximate surface area is 669 Å². The Bertz CT molecular complexity index is 3940. The third kappa shape index (κ3) is 21.7. The number of nitrogens with zero attached hydrogens (tertiary/aromatic N) is 8. The van der Waals surface area contributed by atoms with E-state index in [-0.39, 0.29) is 67.1 Å². The number of carbonyl (C=O) groups is 9. The summed E-state index contributed by atoms with van der Waals surface area (Å²) in [7, 11) is 10.4. The van der Waals surface area contributed by atoms with Crippen LogP contribution < -0.4 is 0 Å². The van der Waals surface area contributed by atoms with Crippen molar-refractivity contribution in [3.8, 4) is 11.3 Å². The van der Waals surface area contributed by atoms with Crippen molar-refractivity contribution < 1.29 is 100 Å². The summed E-state index contributed by atoms with van der Waals surface area (Å²) in [6.45, 7) is 26.9. The lowest BCUT2D eigenvalue weighted by molar-refractivity contribution is -0.295. The van der Waals surface area contributed by atoms with Crippen LogP contribution in [0.4, 0.5) is 9.59 Å². The molecule has 0 spiro atoms. The van der Waals surface area contributed by atoms with Crippen molar-refractivity contribution in [2.75, 3.05) is 49.0 Å². The van der Waals surface area contributed by atoms with E-state index >= 15 is 0 Å². The standard InChI is InChI=1S/C43H64ClN5O10.C40H55N3O11/c1-12-32-38-34(49(42(54)58-38)18-14-13-17-48-22-30(46-28(48)7)29-15-16-33(44)45-21-29)25(4)35(50)23(2)20-43(8,55-11)39(26(5)36(51)27(6)40(53)57-32)59-41-37(52)31(47(9)10)19-24(3)56-41;1-11-30-31(52-39(48)43-18-17-41-22-43)19-23(2)32(44)24(3)21-40(7,49-10)35(26(5)33(45)27(6)36(46)51-30)54-38-34(29(42(8)9)20-25(4)50-38)53-37(47)28-15-13-12-14-16-28/h15-16,21-27,31-32,34,37-39,41,52H,12-14,17-20H2,1-11H3;12-19,22,24-27,29-31,34-35,38H,11,20-21H2,1-10H3/b;23-19+/t23-,24-,25-,26+,27-,31+,32-,34-,37-,38-,39-,41?,43+;24-,25-,26+,27-,29+,30-,31+,34-,35-,38?,40+/m11/s1. The van der Waals surface area contributed by atoms with Crippen molar-refractivity contribution in [2.24, 2.45) is 41.4 Å². The molecular formula is C83H119ClN8O21. The van der Waals surface area contributed by atoms with E-state index in [0.717, 1.165) is 21.6 Å². The van der Waals surface area contributed by atoms with Crippen molar-refractivity contribution in [3.05, 3.63) is 102 Å². The molecule has 3 aromatic heterocycles. The maximum Gasteiger partial charge on any atom is 0.419 e. The smallest absolute Gasteiger partial charge is 0.419 e. The lowest BCUT2D eigenvalue weighted by Crippen LogP contribution is -2.60. The van der Waals surface area contributed by atoms with Gasteiger partial charge >= 0.3 is 30.1 Å². The van der Waals surface area contributed by atoms with Gasteiger partial charge in [0.05, 0.1) is 59.0 Å². The van der Waals surface area contributed by atoms with Gasteiger partial charge < -0.3 is 76.5 Å². The molecule has 5 aliphatic rings. The van der Waals surface area contributed by atoms with Gasteiger partial charge in [0.15, 0.2) is 48.2 Å². The molecule has 5 aliphatic heterocycles. The highest BCUT2D eigenvalue weighted by Crippen LogP contribution is 2.42. The van der Waals surface area contributed by atoms with Gasteiger partial charge in [-0.3, -0.25) is 28.8 Å². The zero-order chi connectivity index (χ0) is 83.4. The van der Waals surface area contributed by atoms with E-state index in [1.165, 1.54) is 52.9 Å². The number of likely N-dealkylation sites (N-methyl/N-ethyl adjacent to an activating group) is 2. The number of aromatic nitrogens is 5. The average Bonchev–Trinajstić information content (AvgIpc) is 1.63. The predicted octanol–water partition coefficient (Wildman–Crippen LogP) is 10.5. The topological polar surface area (TPSA) is 334 Å². The van der Waals surface area contributed by atoms with Crippen LogP contribution >= 0.6 is 11.6 Å². The minimum Gasteiger partial charge on any atom is -0.458 e. The molecule has 4 aromatic rings. The molecule has 0 saturated carbocycles. The van der Waals surface area contributed by atoms with Crippen LogP contribution in [-0.4, -0.2) is 249 Å². The minimum atomic E-state index is -1.32. The number of pyridine rings is 1. The molecule has 1 aromatic carbocycles. The second-order valence-corrected chi connectivity index (χ2v) is 32.4. The van der Waals surface area contributed by atoms with Crippen molar-refractivity contribution in [3.63, 3.8) is 0 Å². The monoisotopic (exact) mass is 1600 g/mol. The van der Waals surface area contributed by atoms with Gasteiger partial charge in [0.1, 0.15) is 53.2 Å². The lowest BCUT2D eigenvalue weighted by atomic mass is 9.75. The predicted molar refractivity (Wildman–Crippen MR) is 416 cm³/mol. The largest absolute Gasteiger partial charge is 0.458 e. The van der Waals surface area contributed by atoms with Gasteiger partial charge in [0, 0.05) is 93.3 Å². The first-order chi connectivity index (χ1) is 53.3. The Morgan fingerprint density at radius 2 is 1.24 bits per heavy atom. The van der Waals surface area contributed by atoms with Crippen LogP contribution in [0.2, 0.25) is 5.15 Å². The fraction of sp³-hybridized carbons (Fsp3) is 0.663. The van der Waals surface area contributed by atoms with Gasteiger partial charge in [-0.2, -0.15) is 0 Å². The molecule has 624 valence electrons. The van der Waals surface area contributed by atoms with E-state index in [1.807, 2.05) is 82.5 Å². The maximum absolute atomic E-state index is 14.6. The van der Waals surface area contributed by atoms with E-state index in [0.29, 0.717) is 49.5 Å². The number of hydrogen-bond donors (Lipinski definition) is 1. The third-order valence-electron chi connectivity index (χ3n) is 23.2. The third-order valence-corrected chi connectivity index (χ3v) is 23.4. The molecule has 113 heavy (non-hydrogen) atoms. The number of hydrogen-bond acceptors (Lipinski definition) is 26. The van der Waals surface area contributed by atoms with Crippen molar-refractivity contribution >= 4 is 64.8 Å². The van der Waals surface area contributed by atoms with Gasteiger partial charge in [-0.15, -0.1) is 0 Å². The molecule has 1 N–H and O–H groups in total. The zero-order valence-electron chi connectivity index (χ0n) is 69.3. The van der Waals surface area contributed by atoms with Crippen molar-refractivity contribution in [1.82, 2.24) is 38.8 Å². The molecule has 4 saturated heterocycles. The fourth-order valence-corrected chi connectivity index (χ4v) is 16.5. The van der Waals surface area contributed by atoms with Crippen LogP contribution in [-0.2, 0) is 87.4 Å². The molecule has 24 atom stereocenters. The zero-order valence-corrected chi connectivity index (χ0v) is 70.1. The van der Waals surface area contributed by atoms with E-state index in [1.54, 1.807) is 110 Å². The molecule has 9 rings (SSSR count). The summed E-state index contributed by atoms with van der Waals surface area (Å²) in [5, 5.41) is 11.8. The SMILES string of the molecule is CC[C@H]1OC(=O)[C@H](C)C(=O)[C@H](C)[C@@H](OC2O[C@H](C)C[C@H](N(C)C)[C@H]2O)[C@@](C)(OC)C[C@@H](C)C(=O)[C@H](C)[C@@H]2[C@@H]1OC(=O)N2CCCCn1cc(-c2ccc(Cl)nc2)nc1C.CC[C@H]1OC(=O)[C@H](C)C(=O)[C@H](C)[C@@H](OC2O[C@H](C)C[C@H](N(C)C)[C@H]2OC(=O)c2ccccc2)[C@@](C)(OC)C[C@@H](C)C(=O)/C(C)=C/[C@@H]1OC(=O)n1ccnc1. The molecule has 0 aliphatic carbocycles. The number of aliphatic hydroxyl groups is 1. The number of methoxy groups -OCH3 is 2. The number of ketones is 4. The van der Waals surface area contributed by atoms with Crippen LogP contribution in [0.25, 0.3) is 11.3 Å². The number of unbranched alkanes of at least 4 members (excludes halogenated alkanes) is 1. The first-order valence-corrected chi connectivity index (χ1v) is 39.8. The maximum atomic E-state index is 14.6. The van der Waals surface area contributed by atoms with Gasteiger partial charge in [0.2, 0.25) is 0 Å². The van der Waals surface area contributed by atoms with Crippen LogP contribution in [0.5, 0.6) is 0 Å². The Kier molecular flexibility index (Phi) is 32.0. The fourth-order valence-electron chi connectivity index (χ4n) is 16.4. The number of aryl methyl sites for hydroxylation is 2. The number of halogens is 1. The number of carbonyl (C=O) groups excluding carboxylic acids is 9. The van der Waals surface area contributed by atoms with E-state index in [4.69, 9.17) is 63.7 Å². The Morgan fingerprint density at radius 3 is 1.79 bits per heavy atom. The van der Waals surface area contributed by atoms with Crippen molar-refractivity contribution in [2.45, 2.75) is 265 Å². The van der Waals surface area contributed by atoms with E-state index in [9.17, 15) is 48.3 Å². The van der Waals surface area contributed by atoms with Crippen molar-refractivity contribution in [1.29, 1.82) is 0 Å². The molecule has 0 radical (unpaired) electrons. The van der Waals surface area contributed by atoms with Gasteiger partial charge in [-0.25, -0.2) is 33.9 Å². The number of cyclic esters (lactones) is 2. The first-order valence-electron chi connectivity index (χ1n) is 39.4. The van der Waals surface area contributed by atoms with Crippen LogP contribution in [0, 0.1) is 48.3 Å². The summed E-state index contributed by atoms with van der Waals surface area (Å²) in [5.41, 5.74) is -0.332. The number of Topliss-reactive ketones (excluding diaryl/α,β-unsaturated/α-hetero) is 4. The second kappa shape index (κ2) is 39.8. The number of ether oxygens (including phenoxy) is 11. The number of amides is 1. The summed E-state index contributed by atoms with van der Waals surface area (Å²) in [6.07, 6.45) is -0.127. The van der Waals surface area contributed by atoms with Crippen LogP contribution in [0.3, 0.4) is 0 Å². The van der Waals surface area contributed by atoms with Crippen LogP contribution in [0.15, 0.2) is 85.2 Å².